The van der Waals surface area contributed by atoms with Gasteiger partial charge in [-0.05, 0) is 43.0 Å². The van der Waals surface area contributed by atoms with E-state index in [1.807, 2.05) is 6.07 Å². The highest BCUT2D eigenvalue weighted by Gasteiger charge is 2.44. The van der Waals surface area contributed by atoms with Crippen molar-refractivity contribution in [3.8, 4) is 6.07 Å². The first-order valence-corrected chi connectivity index (χ1v) is 7.58. The van der Waals surface area contributed by atoms with Crippen molar-refractivity contribution in [2.75, 3.05) is 25.0 Å². The van der Waals surface area contributed by atoms with Gasteiger partial charge in [-0.25, -0.2) is 0 Å². The molecule has 0 saturated carbocycles. The number of benzene rings is 1. The van der Waals surface area contributed by atoms with Crippen LogP contribution in [0.5, 0.6) is 0 Å². The average Bonchev–Trinajstić information content (AvgIpc) is 2.58. The zero-order valence-corrected chi connectivity index (χ0v) is 12.9. The van der Waals surface area contributed by atoms with Crippen molar-refractivity contribution < 1.29 is 23.1 Å². The molecule has 8 heteroatoms. The molecule has 24 heavy (non-hydrogen) atoms. The Balaban J connectivity index is 1.79. The highest BCUT2D eigenvalue weighted by molar-refractivity contribution is 5.81. The van der Waals surface area contributed by atoms with Gasteiger partial charge >= 0.3 is 6.18 Å². The monoisotopic (exact) mass is 341 g/mol. The highest BCUT2D eigenvalue weighted by Crippen LogP contribution is 2.31. The summed E-state index contributed by atoms with van der Waals surface area (Å²) in [5.41, 5.74) is 1.20. The predicted octanol–water partition coefficient (Wildman–Crippen LogP) is 2.13. The normalized spacial score (nSPS) is 17.2. The standard InChI is InChI=1S/C16H18F3N3O2/c17-16(18,19)15(24)12-5-7-22(8-6-12)14(23)10-21-13-3-1-11(9-20)2-4-13/h1-4,12,15,21,24H,5-8,10H2. The van der Waals surface area contributed by atoms with Crippen molar-refractivity contribution in [1.82, 2.24) is 4.90 Å². The van der Waals surface area contributed by atoms with Crippen molar-refractivity contribution in [2.45, 2.75) is 25.1 Å². The van der Waals surface area contributed by atoms with Crippen LogP contribution in [-0.4, -0.2) is 47.8 Å². The van der Waals surface area contributed by atoms with Crippen molar-refractivity contribution >= 4 is 11.6 Å². The molecule has 1 heterocycles. The third kappa shape index (κ3) is 4.61. The summed E-state index contributed by atoms with van der Waals surface area (Å²) in [6.45, 7) is 0.426. The number of piperidine rings is 1. The molecule has 2 N–H and O–H groups in total. The first-order chi connectivity index (χ1) is 11.3. The van der Waals surface area contributed by atoms with E-state index in [0.29, 0.717) is 11.3 Å². The minimum Gasteiger partial charge on any atom is -0.383 e. The van der Waals surface area contributed by atoms with Crippen LogP contribution in [0.25, 0.3) is 0 Å². The largest absolute Gasteiger partial charge is 0.414 e. The summed E-state index contributed by atoms with van der Waals surface area (Å²) in [4.78, 5) is 13.6. The average molecular weight is 341 g/mol. The summed E-state index contributed by atoms with van der Waals surface area (Å²) in [5, 5.41) is 20.9. The van der Waals surface area contributed by atoms with Gasteiger partial charge in [0, 0.05) is 18.8 Å². The zero-order valence-electron chi connectivity index (χ0n) is 12.9. The Bertz CT molecular complexity index is 602. The van der Waals surface area contributed by atoms with Gasteiger partial charge in [-0.1, -0.05) is 0 Å². The summed E-state index contributed by atoms with van der Waals surface area (Å²) in [7, 11) is 0. The molecule has 1 atom stereocenters. The van der Waals surface area contributed by atoms with Crippen LogP contribution < -0.4 is 5.32 Å². The number of anilines is 1. The lowest BCUT2D eigenvalue weighted by atomic mass is 9.91. The molecule has 1 aliphatic rings. The maximum absolute atomic E-state index is 12.5. The maximum Gasteiger partial charge on any atom is 0.414 e. The SMILES string of the molecule is N#Cc1ccc(NCC(=O)N2CCC(C(O)C(F)(F)F)CC2)cc1. The van der Waals surface area contributed by atoms with Gasteiger partial charge in [0.2, 0.25) is 5.91 Å². The van der Waals surface area contributed by atoms with Gasteiger partial charge in [0.25, 0.3) is 0 Å². The van der Waals surface area contributed by atoms with Crippen LogP contribution in [0, 0.1) is 17.2 Å². The molecule has 1 aromatic carbocycles. The van der Waals surface area contributed by atoms with Crippen LogP contribution >= 0.6 is 0 Å². The molecular formula is C16H18F3N3O2. The van der Waals surface area contributed by atoms with Crippen LogP contribution in [0.1, 0.15) is 18.4 Å². The minimum absolute atomic E-state index is 0.0262. The number of aliphatic hydroxyl groups excluding tert-OH is 1. The number of rotatable bonds is 4. The lowest BCUT2D eigenvalue weighted by Gasteiger charge is -2.34. The molecule has 0 radical (unpaired) electrons. The summed E-state index contributed by atoms with van der Waals surface area (Å²) >= 11 is 0. The van der Waals surface area contributed by atoms with Gasteiger partial charge in [0.1, 0.15) is 0 Å². The quantitative estimate of drug-likeness (QED) is 0.880. The van der Waals surface area contributed by atoms with Gasteiger partial charge in [-0.3, -0.25) is 4.79 Å². The van der Waals surface area contributed by atoms with Gasteiger partial charge in [-0.15, -0.1) is 0 Å². The van der Waals surface area contributed by atoms with Gasteiger partial charge < -0.3 is 15.3 Å². The molecule has 0 spiro atoms. The van der Waals surface area contributed by atoms with Crippen molar-refractivity contribution in [3.05, 3.63) is 29.8 Å². The number of alkyl halides is 3. The highest BCUT2D eigenvalue weighted by atomic mass is 19.4. The van der Waals surface area contributed by atoms with E-state index in [1.54, 1.807) is 24.3 Å². The number of halogens is 3. The number of carbonyl (C=O) groups excluding carboxylic acids is 1. The summed E-state index contributed by atoms with van der Waals surface area (Å²) < 4.78 is 37.5. The van der Waals surface area contributed by atoms with E-state index in [1.165, 1.54) is 4.90 Å². The number of hydrogen-bond donors (Lipinski definition) is 2. The number of hydrogen-bond acceptors (Lipinski definition) is 4. The predicted molar refractivity (Wildman–Crippen MR) is 81.0 cm³/mol. The van der Waals surface area contributed by atoms with E-state index >= 15 is 0 Å². The fourth-order valence-electron chi connectivity index (χ4n) is 2.68. The summed E-state index contributed by atoms with van der Waals surface area (Å²) in [6, 6.07) is 8.59. The topological polar surface area (TPSA) is 76.4 Å². The molecule has 0 aromatic heterocycles. The van der Waals surface area contributed by atoms with Crippen molar-refractivity contribution in [2.24, 2.45) is 5.92 Å². The first-order valence-electron chi connectivity index (χ1n) is 7.58. The van der Waals surface area contributed by atoms with E-state index < -0.39 is 18.2 Å². The van der Waals surface area contributed by atoms with Crippen LogP contribution in [0.15, 0.2) is 24.3 Å². The molecule has 1 amide bonds. The number of nitriles is 1. The van der Waals surface area contributed by atoms with Crippen LogP contribution in [0.2, 0.25) is 0 Å². The van der Waals surface area contributed by atoms with E-state index in [4.69, 9.17) is 5.26 Å². The Morgan fingerprint density at radius 3 is 2.42 bits per heavy atom. The summed E-state index contributed by atoms with van der Waals surface area (Å²) in [6.07, 6.45) is -6.69. The molecule has 1 aromatic rings. The number of aliphatic hydroxyl groups is 1. The van der Waals surface area contributed by atoms with E-state index in [9.17, 15) is 23.1 Å². The molecule has 2 rings (SSSR count). The fourth-order valence-corrected chi connectivity index (χ4v) is 2.68. The van der Waals surface area contributed by atoms with Gasteiger partial charge in [0.05, 0.1) is 18.2 Å². The van der Waals surface area contributed by atoms with E-state index in [-0.39, 0.29) is 38.4 Å². The second kappa shape index (κ2) is 7.53. The number of carbonyl (C=O) groups is 1. The molecular weight excluding hydrogens is 323 g/mol. The third-order valence-corrected chi connectivity index (χ3v) is 4.13. The maximum atomic E-state index is 12.5. The van der Waals surface area contributed by atoms with Crippen molar-refractivity contribution in [1.29, 1.82) is 5.26 Å². The fraction of sp³-hybridized carbons (Fsp3) is 0.500. The minimum atomic E-state index is -4.62. The first kappa shape index (κ1) is 18.1. The molecule has 5 nitrogen and oxygen atoms in total. The second-order valence-corrected chi connectivity index (χ2v) is 5.75. The van der Waals surface area contributed by atoms with Gasteiger partial charge in [-0.2, -0.15) is 18.4 Å². The number of nitrogens with zero attached hydrogens (tertiary/aromatic N) is 2. The van der Waals surface area contributed by atoms with Gasteiger partial charge in [0.15, 0.2) is 6.10 Å². The molecule has 1 fully saturated rings. The smallest absolute Gasteiger partial charge is 0.383 e. The zero-order chi connectivity index (χ0) is 17.7. The van der Waals surface area contributed by atoms with Crippen molar-refractivity contribution in [3.63, 3.8) is 0 Å². The van der Waals surface area contributed by atoms with E-state index in [0.717, 1.165) is 0 Å². The molecule has 0 bridgehead atoms. The second-order valence-electron chi connectivity index (χ2n) is 5.75. The van der Waals surface area contributed by atoms with Crippen LogP contribution in [0.3, 0.4) is 0 Å². The Kier molecular flexibility index (Phi) is 5.67. The Morgan fingerprint density at radius 2 is 1.92 bits per heavy atom. The Morgan fingerprint density at radius 1 is 1.33 bits per heavy atom. The molecule has 1 aliphatic heterocycles. The lowest BCUT2D eigenvalue weighted by molar-refractivity contribution is -0.222. The summed E-state index contributed by atoms with van der Waals surface area (Å²) in [5.74, 6) is -1.07. The number of likely N-dealkylation sites (tertiary alicyclic amines) is 1. The van der Waals surface area contributed by atoms with E-state index in [2.05, 4.69) is 5.32 Å². The molecule has 0 aliphatic carbocycles. The Hall–Kier alpha value is -2.27. The molecule has 1 saturated heterocycles. The Labute approximate surface area is 137 Å². The number of nitrogens with one attached hydrogen (secondary N) is 1. The molecule has 1 unspecified atom stereocenters. The lowest BCUT2D eigenvalue weighted by Crippen LogP contribution is -2.46. The molecule has 130 valence electrons. The van der Waals surface area contributed by atoms with Crippen LogP contribution in [-0.2, 0) is 4.79 Å². The van der Waals surface area contributed by atoms with Crippen LogP contribution in [0.4, 0.5) is 18.9 Å². The third-order valence-electron chi connectivity index (χ3n) is 4.13. The number of amides is 1.